The minimum Gasteiger partial charge on any atom is -0.371 e. The van der Waals surface area contributed by atoms with E-state index in [0.29, 0.717) is 12.8 Å². The van der Waals surface area contributed by atoms with E-state index in [1.807, 2.05) is 24.3 Å². The van der Waals surface area contributed by atoms with Gasteiger partial charge in [0.25, 0.3) is 5.91 Å². The lowest BCUT2D eigenvalue weighted by Gasteiger charge is -2.45. The summed E-state index contributed by atoms with van der Waals surface area (Å²) in [5, 5.41) is 2.43. The summed E-state index contributed by atoms with van der Waals surface area (Å²) < 4.78 is 33.9. The Labute approximate surface area is 128 Å². The summed E-state index contributed by atoms with van der Waals surface area (Å²) in [5.41, 5.74) is 6.32. The summed E-state index contributed by atoms with van der Waals surface area (Å²) in [5.74, 6) is -4.84. The van der Waals surface area contributed by atoms with Gasteiger partial charge in [-0.1, -0.05) is 24.3 Å². The number of rotatable bonds is 4. The van der Waals surface area contributed by atoms with Gasteiger partial charge >= 0.3 is 5.92 Å². The molecule has 6 heteroatoms. The number of carbonyl (C=O) groups is 1. The Kier molecular flexibility index (Phi) is 3.69. The van der Waals surface area contributed by atoms with Crippen LogP contribution in [0.25, 0.3) is 0 Å². The van der Waals surface area contributed by atoms with Crippen molar-refractivity contribution in [3.8, 4) is 0 Å². The Morgan fingerprint density at radius 1 is 1.41 bits per heavy atom. The molecule has 3 rings (SSSR count). The number of amides is 1. The quantitative estimate of drug-likeness (QED) is 0.893. The fraction of sp³-hybridized carbons (Fsp3) is 0.562. The molecule has 1 aromatic rings. The van der Waals surface area contributed by atoms with Crippen molar-refractivity contribution < 1.29 is 18.3 Å². The minimum atomic E-state index is -3.55. The van der Waals surface area contributed by atoms with Crippen LogP contribution in [-0.4, -0.2) is 30.6 Å². The molecular weight excluding hydrogens is 290 g/mol. The molecule has 22 heavy (non-hydrogen) atoms. The number of nitrogens with two attached hydrogens (primary N) is 1. The third-order valence-electron chi connectivity index (χ3n) is 5.01. The predicted molar refractivity (Wildman–Crippen MR) is 77.5 cm³/mol. The fourth-order valence-corrected chi connectivity index (χ4v) is 3.38. The van der Waals surface area contributed by atoms with Crippen molar-refractivity contribution >= 4 is 5.91 Å². The van der Waals surface area contributed by atoms with Crippen molar-refractivity contribution in [2.75, 3.05) is 7.11 Å². The molecule has 1 amide bonds. The Balaban J connectivity index is 1.73. The van der Waals surface area contributed by atoms with Gasteiger partial charge in [0.1, 0.15) is 5.60 Å². The number of hydrogen-bond donors (Lipinski definition) is 2. The minimum absolute atomic E-state index is 0.195. The number of methoxy groups -OCH3 is 1. The molecule has 120 valence electrons. The molecule has 1 aromatic carbocycles. The van der Waals surface area contributed by atoms with Crippen LogP contribution in [0.15, 0.2) is 24.3 Å². The first-order valence-corrected chi connectivity index (χ1v) is 7.48. The summed E-state index contributed by atoms with van der Waals surface area (Å²) in [7, 11) is 1.23. The maximum atomic E-state index is 14.4. The predicted octanol–water partition coefficient (Wildman–Crippen LogP) is 1.93. The highest BCUT2D eigenvalue weighted by Crippen LogP contribution is 2.47. The van der Waals surface area contributed by atoms with E-state index in [4.69, 9.17) is 10.5 Å². The van der Waals surface area contributed by atoms with E-state index in [1.165, 1.54) is 7.11 Å². The molecule has 0 aromatic heterocycles. The number of halogens is 2. The lowest BCUT2D eigenvalue weighted by Crippen LogP contribution is -2.63. The molecule has 1 fully saturated rings. The molecular formula is C16H20F2N2O2. The van der Waals surface area contributed by atoms with E-state index in [-0.39, 0.29) is 12.8 Å². The van der Waals surface area contributed by atoms with Crippen LogP contribution in [0.3, 0.4) is 0 Å². The number of hydrogen-bond acceptors (Lipinski definition) is 3. The van der Waals surface area contributed by atoms with E-state index in [0.717, 1.165) is 11.1 Å². The fourth-order valence-electron chi connectivity index (χ4n) is 3.38. The van der Waals surface area contributed by atoms with Gasteiger partial charge in [-0.25, -0.2) is 0 Å². The first-order valence-electron chi connectivity index (χ1n) is 7.48. The monoisotopic (exact) mass is 310 g/mol. The number of fused-ring (bicyclic) bond motifs is 1. The lowest BCUT2D eigenvalue weighted by atomic mass is 9.74. The van der Waals surface area contributed by atoms with Gasteiger partial charge < -0.3 is 15.8 Å². The summed E-state index contributed by atoms with van der Waals surface area (Å²) in [4.78, 5) is 12.1. The van der Waals surface area contributed by atoms with E-state index < -0.39 is 29.5 Å². The molecule has 4 nitrogen and oxygen atoms in total. The second-order valence-electron chi connectivity index (χ2n) is 6.14. The molecule has 0 unspecified atom stereocenters. The maximum absolute atomic E-state index is 14.4. The standard InChI is InChI=1S/C16H20F2N2O2/c1-22-15(7-4-8-15)16(17,18)14(21)20-12-9-10-5-2-3-6-11(10)13(12)19/h2-3,5-6,12-13H,4,7-9,19H2,1H3,(H,20,21)/t12-,13-/m1/s1. The van der Waals surface area contributed by atoms with E-state index in [1.54, 1.807) is 0 Å². The van der Waals surface area contributed by atoms with Crippen molar-refractivity contribution in [1.82, 2.24) is 5.32 Å². The van der Waals surface area contributed by atoms with Crippen molar-refractivity contribution in [2.24, 2.45) is 5.73 Å². The largest absolute Gasteiger partial charge is 0.371 e. The highest BCUT2D eigenvalue weighted by molar-refractivity contribution is 5.85. The molecule has 0 saturated heterocycles. The number of alkyl halides is 2. The molecule has 1 saturated carbocycles. The summed E-state index contributed by atoms with van der Waals surface area (Å²) in [6, 6.07) is 6.53. The smallest absolute Gasteiger partial charge is 0.352 e. The summed E-state index contributed by atoms with van der Waals surface area (Å²) in [6.45, 7) is 0. The van der Waals surface area contributed by atoms with E-state index in [9.17, 15) is 13.6 Å². The first-order chi connectivity index (χ1) is 10.4. The molecule has 0 heterocycles. The molecule has 0 aliphatic heterocycles. The van der Waals surface area contributed by atoms with Crippen molar-refractivity contribution in [3.05, 3.63) is 35.4 Å². The van der Waals surface area contributed by atoms with Gasteiger partial charge in [-0.3, -0.25) is 4.79 Å². The van der Waals surface area contributed by atoms with Crippen LogP contribution in [0.4, 0.5) is 8.78 Å². The van der Waals surface area contributed by atoms with Gasteiger partial charge in [0, 0.05) is 7.11 Å². The van der Waals surface area contributed by atoms with Crippen LogP contribution in [-0.2, 0) is 16.0 Å². The number of ether oxygens (including phenoxy) is 1. The Bertz CT molecular complexity index is 582. The highest BCUT2D eigenvalue weighted by atomic mass is 19.3. The molecule has 0 bridgehead atoms. The highest BCUT2D eigenvalue weighted by Gasteiger charge is 2.63. The van der Waals surface area contributed by atoms with Crippen molar-refractivity contribution in [1.29, 1.82) is 0 Å². The lowest BCUT2D eigenvalue weighted by molar-refractivity contribution is -0.228. The SMILES string of the molecule is COC1(C(F)(F)C(=O)N[C@@H]2Cc3ccccc3[C@H]2N)CCC1. The maximum Gasteiger partial charge on any atom is 0.352 e. The van der Waals surface area contributed by atoms with Crippen LogP contribution < -0.4 is 11.1 Å². The average Bonchev–Trinajstić information content (AvgIpc) is 2.75. The van der Waals surface area contributed by atoms with Gasteiger partial charge in [-0.15, -0.1) is 0 Å². The molecule has 2 atom stereocenters. The topological polar surface area (TPSA) is 64.3 Å². The first kappa shape index (κ1) is 15.4. The number of benzene rings is 1. The van der Waals surface area contributed by atoms with Crippen LogP contribution >= 0.6 is 0 Å². The van der Waals surface area contributed by atoms with Crippen LogP contribution in [0, 0.1) is 0 Å². The average molecular weight is 310 g/mol. The summed E-state index contributed by atoms with van der Waals surface area (Å²) >= 11 is 0. The summed E-state index contributed by atoms with van der Waals surface area (Å²) in [6.07, 6.45) is 1.51. The number of carbonyl (C=O) groups excluding carboxylic acids is 1. The Hall–Kier alpha value is -1.53. The zero-order valence-electron chi connectivity index (χ0n) is 12.4. The molecule has 2 aliphatic carbocycles. The Morgan fingerprint density at radius 3 is 2.64 bits per heavy atom. The van der Waals surface area contributed by atoms with E-state index in [2.05, 4.69) is 5.32 Å². The molecule has 3 N–H and O–H groups in total. The second-order valence-corrected chi connectivity index (χ2v) is 6.14. The molecule has 2 aliphatic rings. The van der Waals surface area contributed by atoms with Crippen LogP contribution in [0.5, 0.6) is 0 Å². The van der Waals surface area contributed by atoms with Gasteiger partial charge in [0.15, 0.2) is 0 Å². The zero-order chi connectivity index (χ0) is 16.0. The Morgan fingerprint density at radius 2 is 2.09 bits per heavy atom. The number of nitrogens with one attached hydrogen (secondary N) is 1. The second kappa shape index (κ2) is 5.28. The zero-order valence-corrected chi connectivity index (χ0v) is 12.4. The van der Waals surface area contributed by atoms with Gasteiger partial charge in [0.2, 0.25) is 0 Å². The van der Waals surface area contributed by atoms with Crippen LogP contribution in [0.2, 0.25) is 0 Å². The van der Waals surface area contributed by atoms with Crippen LogP contribution in [0.1, 0.15) is 36.4 Å². The normalized spacial score (nSPS) is 26.2. The van der Waals surface area contributed by atoms with E-state index >= 15 is 0 Å². The molecule has 0 spiro atoms. The van der Waals surface area contributed by atoms with Crippen molar-refractivity contribution in [2.45, 2.75) is 49.3 Å². The third-order valence-corrected chi connectivity index (χ3v) is 5.01. The van der Waals surface area contributed by atoms with Gasteiger partial charge in [-0.2, -0.15) is 8.78 Å². The molecule has 0 radical (unpaired) electrons. The van der Waals surface area contributed by atoms with Crippen molar-refractivity contribution in [3.63, 3.8) is 0 Å². The van der Waals surface area contributed by atoms with Gasteiger partial charge in [-0.05, 0) is 36.8 Å². The van der Waals surface area contributed by atoms with Gasteiger partial charge in [0.05, 0.1) is 12.1 Å². The third kappa shape index (κ3) is 2.13.